The molecule has 0 fully saturated rings. The molecule has 2 aliphatic rings. The number of fused-ring (bicyclic) bond motifs is 1. The highest BCUT2D eigenvalue weighted by atomic mass is 16.4. The van der Waals surface area contributed by atoms with Crippen LogP contribution in [0.5, 0.6) is 0 Å². The lowest BCUT2D eigenvalue weighted by molar-refractivity contribution is -0.119. The molecule has 2 amide bonds. The minimum atomic E-state index is -0.660. The van der Waals surface area contributed by atoms with E-state index in [9.17, 15) is 14.4 Å². The molecule has 1 N–H and O–H groups in total. The highest BCUT2D eigenvalue weighted by Gasteiger charge is 2.29. The number of carbonyl (C=O) groups excluding carboxylic acids is 2. The predicted molar refractivity (Wildman–Crippen MR) is 106 cm³/mol. The third kappa shape index (κ3) is 2.69. The molecule has 0 saturated heterocycles. The van der Waals surface area contributed by atoms with Gasteiger partial charge in [0.15, 0.2) is 0 Å². The molecule has 3 heterocycles. The molecule has 0 saturated carbocycles. The number of para-hydroxylation sites is 1. The highest BCUT2D eigenvalue weighted by Crippen LogP contribution is 2.37. The maximum Gasteiger partial charge on any atom is 0.349 e. The summed E-state index contributed by atoms with van der Waals surface area (Å²) < 4.78 is 5.26. The van der Waals surface area contributed by atoms with Gasteiger partial charge >= 0.3 is 5.63 Å². The van der Waals surface area contributed by atoms with Gasteiger partial charge in [0, 0.05) is 24.0 Å². The Bertz CT molecular complexity index is 1180. The first-order valence-electron chi connectivity index (χ1n) is 9.40. The summed E-state index contributed by atoms with van der Waals surface area (Å²) in [5.41, 5.74) is 3.55. The van der Waals surface area contributed by atoms with Crippen molar-refractivity contribution >= 4 is 34.2 Å². The van der Waals surface area contributed by atoms with Crippen molar-refractivity contribution in [3.8, 4) is 0 Å². The summed E-state index contributed by atoms with van der Waals surface area (Å²) in [4.78, 5) is 39.0. The molecule has 2 aliphatic heterocycles. The molecule has 6 heteroatoms. The van der Waals surface area contributed by atoms with Crippen LogP contribution in [-0.2, 0) is 17.6 Å². The van der Waals surface area contributed by atoms with Gasteiger partial charge in [0.05, 0.1) is 5.69 Å². The Kier molecular flexibility index (Phi) is 3.79. The van der Waals surface area contributed by atoms with E-state index in [1.54, 1.807) is 24.3 Å². The predicted octanol–water partition coefficient (Wildman–Crippen LogP) is 3.27. The number of hydrogen-bond acceptors (Lipinski definition) is 4. The van der Waals surface area contributed by atoms with Crippen LogP contribution in [-0.4, -0.2) is 18.4 Å². The third-order valence-corrected chi connectivity index (χ3v) is 5.42. The number of hydrogen-bond donors (Lipinski definition) is 1. The van der Waals surface area contributed by atoms with Gasteiger partial charge in [-0.2, -0.15) is 0 Å². The molecule has 0 unspecified atom stereocenters. The van der Waals surface area contributed by atoms with E-state index in [0.29, 0.717) is 29.5 Å². The zero-order chi connectivity index (χ0) is 19.3. The van der Waals surface area contributed by atoms with Crippen LogP contribution in [0.1, 0.15) is 34.3 Å². The van der Waals surface area contributed by atoms with E-state index in [0.717, 1.165) is 36.2 Å². The smallest absolute Gasteiger partial charge is 0.349 e. The molecule has 5 rings (SSSR count). The molecule has 0 bridgehead atoms. The van der Waals surface area contributed by atoms with Crippen LogP contribution >= 0.6 is 0 Å². The molecule has 140 valence electrons. The van der Waals surface area contributed by atoms with Crippen LogP contribution in [0, 0.1) is 0 Å². The zero-order valence-corrected chi connectivity index (χ0v) is 15.2. The van der Waals surface area contributed by atoms with Gasteiger partial charge < -0.3 is 14.6 Å². The van der Waals surface area contributed by atoms with E-state index in [4.69, 9.17) is 4.42 Å². The Morgan fingerprint density at radius 1 is 1.00 bits per heavy atom. The summed E-state index contributed by atoms with van der Waals surface area (Å²) in [7, 11) is 0. The van der Waals surface area contributed by atoms with Crippen LogP contribution in [0.2, 0.25) is 0 Å². The van der Waals surface area contributed by atoms with Crippen LogP contribution in [0.25, 0.3) is 11.0 Å². The largest absolute Gasteiger partial charge is 0.422 e. The van der Waals surface area contributed by atoms with Gasteiger partial charge in [-0.25, -0.2) is 4.79 Å². The van der Waals surface area contributed by atoms with E-state index in [2.05, 4.69) is 5.32 Å². The van der Waals surface area contributed by atoms with Crippen molar-refractivity contribution in [3.63, 3.8) is 0 Å². The van der Waals surface area contributed by atoms with Crippen molar-refractivity contribution in [2.24, 2.45) is 0 Å². The lowest BCUT2D eigenvalue weighted by Gasteiger charge is -2.35. The van der Waals surface area contributed by atoms with Crippen LogP contribution in [0.4, 0.5) is 11.4 Å². The minimum absolute atomic E-state index is 0.0260. The Labute approximate surface area is 160 Å². The van der Waals surface area contributed by atoms with E-state index >= 15 is 0 Å². The van der Waals surface area contributed by atoms with Gasteiger partial charge in [-0.15, -0.1) is 0 Å². The topological polar surface area (TPSA) is 79.6 Å². The summed E-state index contributed by atoms with van der Waals surface area (Å²) in [6.07, 6.45) is 2.93. The van der Waals surface area contributed by atoms with Crippen molar-refractivity contribution in [1.82, 2.24) is 0 Å². The molecule has 0 atom stereocenters. The molecular weight excluding hydrogens is 356 g/mol. The van der Waals surface area contributed by atoms with Crippen LogP contribution in [0.3, 0.4) is 0 Å². The van der Waals surface area contributed by atoms with Crippen molar-refractivity contribution in [2.45, 2.75) is 25.7 Å². The standard InChI is InChI=1S/C22H18N2O4/c25-19-8-7-15-11-16(10-14-5-3-9-24(19)20(14)15)23-21(26)17-12-13-4-1-2-6-18(13)28-22(17)27/h1-2,4,6,10-12H,3,5,7-9H2,(H,23,26). The first-order valence-corrected chi connectivity index (χ1v) is 9.40. The summed E-state index contributed by atoms with van der Waals surface area (Å²) in [6, 6.07) is 12.5. The van der Waals surface area contributed by atoms with E-state index in [-0.39, 0.29) is 11.5 Å². The number of nitrogens with one attached hydrogen (secondary N) is 1. The second-order valence-corrected chi connectivity index (χ2v) is 7.23. The van der Waals surface area contributed by atoms with E-state index < -0.39 is 11.5 Å². The SMILES string of the molecule is O=C(Nc1cc2c3c(c1)CCC(=O)N3CCC2)c1cc2ccccc2oc1=O. The second-order valence-electron chi connectivity index (χ2n) is 7.23. The number of nitrogens with zero attached hydrogens (tertiary/aromatic N) is 1. The molecular formula is C22H18N2O4. The molecule has 0 spiro atoms. The molecule has 28 heavy (non-hydrogen) atoms. The summed E-state index contributed by atoms with van der Waals surface area (Å²) in [5, 5.41) is 3.53. The van der Waals surface area contributed by atoms with E-state index in [1.165, 1.54) is 0 Å². The monoisotopic (exact) mass is 374 g/mol. The third-order valence-electron chi connectivity index (χ3n) is 5.42. The number of anilines is 2. The fraction of sp³-hybridized carbons (Fsp3) is 0.227. The van der Waals surface area contributed by atoms with Gasteiger partial charge in [0.2, 0.25) is 5.91 Å². The Morgan fingerprint density at radius 2 is 1.79 bits per heavy atom. The van der Waals surface area contributed by atoms with Gasteiger partial charge in [0.25, 0.3) is 5.91 Å². The second kappa shape index (κ2) is 6.34. The summed E-state index contributed by atoms with van der Waals surface area (Å²) in [6.45, 7) is 0.753. The number of aryl methyl sites for hydroxylation is 2. The highest BCUT2D eigenvalue weighted by molar-refractivity contribution is 6.06. The lowest BCUT2D eigenvalue weighted by Crippen LogP contribution is -2.39. The van der Waals surface area contributed by atoms with Gasteiger partial charge in [-0.1, -0.05) is 18.2 Å². The molecule has 0 aliphatic carbocycles. The number of benzene rings is 2. The van der Waals surface area contributed by atoms with Gasteiger partial charge in [0.1, 0.15) is 11.1 Å². The summed E-state index contributed by atoms with van der Waals surface area (Å²) in [5.74, 6) is -0.329. The van der Waals surface area contributed by atoms with Crippen LogP contribution in [0.15, 0.2) is 51.7 Å². The number of rotatable bonds is 2. The average Bonchev–Trinajstić information content (AvgIpc) is 2.70. The van der Waals surface area contributed by atoms with Crippen molar-refractivity contribution < 1.29 is 14.0 Å². The molecule has 6 nitrogen and oxygen atoms in total. The van der Waals surface area contributed by atoms with Gasteiger partial charge in [-0.05, 0) is 54.7 Å². The molecule has 3 aromatic rings. The number of amides is 2. The fourth-order valence-electron chi connectivity index (χ4n) is 4.14. The van der Waals surface area contributed by atoms with Crippen LogP contribution < -0.4 is 15.8 Å². The Hall–Kier alpha value is -3.41. The zero-order valence-electron chi connectivity index (χ0n) is 15.2. The first kappa shape index (κ1) is 16.7. The van der Waals surface area contributed by atoms with E-state index in [1.807, 2.05) is 23.1 Å². The maximum atomic E-state index is 12.7. The fourth-order valence-corrected chi connectivity index (χ4v) is 4.14. The lowest BCUT2D eigenvalue weighted by atomic mass is 9.91. The normalized spacial score (nSPS) is 15.4. The molecule has 1 aromatic heterocycles. The first-order chi connectivity index (χ1) is 13.6. The van der Waals surface area contributed by atoms with Crippen molar-refractivity contribution in [3.05, 3.63) is 69.6 Å². The maximum absolute atomic E-state index is 12.7. The van der Waals surface area contributed by atoms with Gasteiger partial charge in [-0.3, -0.25) is 9.59 Å². The average molecular weight is 374 g/mol. The quantitative estimate of drug-likeness (QED) is 0.698. The number of carbonyl (C=O) groups is 2. The van der Waals surface area contributed by atoms with Crippen molar-refractivity contribution in [2.75, 3.05) is 16.8 Å². The Morgan fingerprint density at radius 3 is 2.64 bits per heavy atom. The molecule has 2 aromatic carbocycles. The molecule has 0 radical (unpaired) electrons. The van der Waals surface area contributed by atoms with Crippen molar-refractivity contribution in [1.29, 1.82) is 0 Å². The Balaban J connectivity index is 1.50. The summed E-state index contributed by atoms with van der Waals surface area (Å²) >= 11 is 0. The minimum Gasteiger partial charge on any atom is -0.422 e.